The third-order valence-corrected chi connectivity index (χ3v) is 8.58. The van der Waals surface area contributed by atoms with E-state index in [0.29, 0.717) is 71.9 Å². The summed E-state index contributed by atoms with van der Waals surface area (Å²) in [6, 6.07) is -1.32. The highest BCUT2D eigenvalue weighted by molar-refractivity contribution is 6.02. The van der Waals surface area contributed by atoms with Crippen molar-refractivity contribution in [1.29, 1.82) is 0 Å². The summed E-state index contributed by atoms with van der Waals surface area (Å²) in [7, 11) is 0. The van der Waals surface area contributed by atoms with Gasteiger partial charge in [-0.3, -0.25) is 24.0 Å². The van der Waals surface area contributed by atoms with E-state index in [0.717, 1.165) is 38.5 Å². The van der Waals surface area contributed by atoms with Gasteiger partial charge in [-0.25, -0.2) is 4.79 Å². The van der Waals surface area contributed by atoms with Gasteiger partial charge in [-0.2, -0.15) is 0 Å². The first kappa shape index (κ1) is 46.1. The first-order valence-electron chi connectivity index (χ1n) is 19.1. The van der Waals surface area contributed by atoms with Crippen LogP contribution in [0.25, 0.3) is 0 Å². The van der Waals surface area contributed by atoms with Crippen molar-refractivity contribution in [2.24, 2.45) is 5.92 Å². The summed E-state index contributed by atoms with van der Waals surface area (Å²) in [6.07, 6.45) is 17.7. The minimum absolute atomic E-state index is 0.181. The Kier molecular flexibility index (Phi) is 29.8. The predicted octanol–water partition coefficient (Wildman–Crippen LogP) is 3.58. The topological polar surface area (TPSA) is 196 Å². The summed E-state index contributed by atoms with van der Waals surface area (Å²) in [4.78, 5) is 72.5. The molecule has 0 aliphatic carbocycles. The fourth-order valence-corrected chi connectivity index (χ4v) is 5.68. The van der Waals surface area contributed by atoms with Gasteiger partial charge in [0.15, 0.2) is 0 Å². The molecule has 293 valence electrons. The molecule has 0 saturated carbocycles. The lowest BCUT2D eigenvalue weighted by molar-refractivity contribution is -0.143. The quantitative estimate of drug-likeness (QED) is 0.106. The SMILES string of the molecule is O=[C]COCC(=O)NCCCOCCOCCOCCCNC(=O)C1C[C@@H](C(=O)O)NC(=O)CCCCCCCCCCCCCCCCC1=O. The Labute approximate surface area is 304 Å². The van der Waals surface area contributed by atoms with Crippen LogP contribution < -0.4 is 16.0 Å². The summed E-state index contributed by atoms with van der Waals surface area (Å²) in [5.74, 6) is -3.92. The number of nitrogens with one attached hydrogen (secondary N) is 3. The van der Waals surface area contributed by atoms with Crippen molar-refractivity contribution >= 4 is 35.8 Å². The van der Waals surface area contributed by atoms with E-state index < -0.39 is 23.8 Å². The molecule has 1 rings (SSSR count). The molecule has 0 aromatic heterocycles. The van der Waals surface area contributed by atoms with Gasteiger partial charge in [-0.15, -0.1) is 0 Å². The average Bonchev–Trinajstić information content (AvgIpc) is 3.10. The maximum Gasteiger partial charge on any atom is 0.326 e. The van der Waals surface area contributed by atoms with E-state index in [4.69, 9.17) is 18.9 Å². The molecule has 0 spiro atoms. The van der Waals surface area contributed by atoms with Gasteiger partial charge < -0.3 is 40.0 Å². The number of hydrogen-bond acceptors (Lipinski definition) is 10. The number of carboxylic acids is 1. The average molecular weight is 727 g/mol. The third-order valence-electron chi connectivity index (χ3n) is 8.58. The summed E-state index contributed by atoms with van der Waals surface area (Å²) in [6.45, 7) is 2.58. The number of carbonyl (C=O) groups excluding carboxylic acids is 5. The summed E-state index contributed by atoms with van der Waals surface area (Å²) >= 11 is 0. The number of rotatable bonds is 20. The Bertz CT molecular complexity index is 966. The molecule has 14 heteroatoms. The van der Waals surface area contributed by atoms with Gasteiger partial charge in [0.2, 0.25) is 24.0 Å². The van der Waals surface area contributed by atoms with Crippen LogP contribution in [-0.2, 0) is 47.7 Å². The zero-order valence-corrected chi connectivity index (χ0v) is 30.7. The first-order valence-corrected chi connectivity index (χ1v) is 19.1. The molecule has 1 fully saturated rings. The van der Waals surface area contributed by atoms with Crippen molar-refractivity contribution in [2.45, 2.75) is 128 Å². The zero-order valence-electron chi connectivity index (χ0n) is 30.7. The van der Waals surface area contributed by atoms with E-state index in [1.165, 1.54) is 38.5 Å². The van der Waals surface area contributed by atoms with Crippen molar-refractivity contribution in [3.63, 3.8) is 0 Å². The van der Waals surface area contributed by atoms with Crippen LogP contribution in [0.2, 0.25) is 0 Å². The molecule has 4 N–H and O–H groups in total. The number of ketones is 1. The van der Waals surface area contributed by atoms with Crippen molar-refractivity contribution in [2.75, 3.05) is 65.9 Å². The van der Waals surface area contributed by atoms with Gasteiger partial charge in [-0.05, 0) is 32.1 Å². The molecule has 0 bridgehead atoms. The number of Topliss-reactive ketones (excluding diaryl/α,β-unsaturated/α-hetero) is 1. The molecular formula is C37H64N3O11. The second kappa shape index (κ2) is 32.9. The van der Waals surface area contributed by atoms with Gasteiger partial charge >= 0.3 is 5.97 Å². The summed E-state index contributed by atoms with van der Waals surface area (Å²) in [5, 5.41) is 17.8. The number of carboxylic acid groups (broad SMARTS) is 1. The molecule has 1 unspecified atom stereocenters. The molecule has 1 radical (unpaired) electrons. The van der Waals surface area contributed by atoms with Crippen LogP contribution in [0.1, 0.15) is 122 Å². The first-order chi connectivity index (χ1) is 24.8. The monoisotopic (exact) mass is 726 g/mol. The predicted molar refractivity (Wildman–Crippen MR) is 191 cm³/mol. The van der Waals surface area contributed by atoms with Crippen LogP contribution >= 0.6 is 0 Å². The lowest BCUT2D eigenvalue weighted by Gasteiger charge is -2.21. The normalized spacial score (nSPS) is 19.5. The molecule has 1 heterocycles. The van der Waals surface area contributed by atoms with Crippen LogP contribution in [0.15, 0.2) is 0 Å². The maximum atomic E-state index is 13.2. The maximum absolute atomic E-state index is 13.2. The third kappa shape index (κ3) is 27.4. The Morgan fingerprint density at radius 3 is 1.65 bits per heavy atom. The Balaban J connectivity index is 2.37. The Hall–Kier alpha value is -2.94. The fraction of sp³-hybridized carbons (Fsp3) is 0.838. The number of ether oxygens (including phenoxy) is 4. The highest BCUT2D eigenvalue weighted by Crippen LogP contribution is 2.17. The van der Waals surface area contributed by atoms with E-state index in [1.807, 2.05) is 0 Å². The molecule has 0 aromatic rings. The molecule has 1 aliphatic heterocycles. The van der Waals surface area contributed by atoms with E-state index >= 15 is 0 Å². The standard InChI is InChI=1S/C37H64N3O11/c41-21-24-51-30-35(44)38-19-15-22-48-25-27-50-28-26-49-23-16-20-39-36(45)31-29-32(37(46)47)40-34(43)18-14-12-10-8-6-4-2-1-3-5-7-9-11-13-17-33(31)42/h31-32H,1-20,22-30H2,(H,38,44)(H,39,45)(H,40,43)(H,46,47)/t31?,32-/m0/s1. The van der Waals surface area contributed by atoms with Gasteiger partial charge in [0, 0.05) is 39.1 Å². The molecular weight excluding hydrogens is 662 g/mol. The molecule has 1 saturated heterocycles. The molecule has 14 nitrogen and oxygen atoms in total. The molecule has 1 aliphatic rings. The van der Waals surface area contributed by atoms with Crippen LogP contribution in [0, 0.1) is 5.92 Å². The number of hydrogen-bond donors (Lipinski definition) is 4. The summed E-state index contributed by atoms with van der Waals surface area (Å²) < 4.78 is 21.2. The number of carbonyl (C=O) groups is 5. The molecule has 51 heavy (non-hydrogen) atoms. The highest BCUT2D eigenvalue weighted by Gasteiger charge is 2.32. The minimum atomic E-state index is -1.32. The largest absolute Gasteiger partial charge is 0.480 e. The summed E-state index contributed by atoms with van der Waals surface area (Å²) in [5.41, 5.74) is 0. The van der Waals surface area contributed by atoms with Crippen molar-refractivity contribution in [3.05, 3.63) is 0 Å². The van der Waals surface area contributed by atoms with Crippen molar-refractivity contribution in [3.8, 4) is 0 Å². The van der Waals surface area contributed by atoms with Crippen LogP contribution in [-0.4, -0.2) is 113 Å². The van der Waals surface area contributed by atoms with E-state index in [2.05, 4.69) is 16.0 Å². The van der Waals surface area contributed by atoms with E-state index in [9.17, 15) is 33.9 Å². The molecule has 2 atom stereocenters. The van der Waals surface area contributed by atoms with Crippen LogP contribution in [0.4, 0.5) is 0 Å². The number of amides is 3. The lowest BCUT2D eigenvalue weighted by Crippen LogP contribution is -2.46. The Morgan fingerprint density at radius 1 is 0.667 bits per heavy atom. The molecule has 3 amide bonds. The van der Waals surface area contributed by atoms with Gasteiger partial charge in [0.05, 0.1) is 32.3 Å². The second-order valence-corrected chi connectivity index (χ2v) is 13.0. The van der Waals surface area contributed by atoms with Gasteiger partial charge in [0.1, 0.15) is 25.0 Å². The second-order valence-electron chi connectivity index (χ2n) is 13.0. The highest BCUT2D eigenvalue weighted by atomic mass is 16.5. The minimum Gasteiger partial charge on any atom is -0.480 e. The van der Waals surface area contributed by atoms with E-state index in [-0.39, 0.29) is 56.6 Å². The van der Waals surface area contributed by atoms with Gasteiger partial charge in [-0.1, -0.05) is 77.0 Å². The van der Waals surface area contributed by atoms with Crippen molar-refractivity contribution in [1.82, 2.24) is 16.0 Å². The van der Waals surface area contributed by atoms with Crippen LogP contribution in [0.5, 0.6) is 0 Å². The zero-order chi connectivity index (χ0) is 37.2. The Morgan fingerprint density at radius 2 is 1.14 bits per heavy atom. The molecule has 0 aromatic carbocycles. The van der Waals surface area contributed by atoms with E-state index in [1.54, 1.807) is 6.29 Å². The van der Waals surface area contributed by atoms with Gasteiger partial charge in [0.25, 0.3) is 0 Å². The smallest absolute Gasteiger partial charge is 0.326 e. The fourth-order valence-electron chi connectivity index (χ4n) is 5.68. The van der Waals surface area contributed by atoms with Crippen LogP contribution in [0.3, 0.4) is 0 Å². The lowest BCUT2D eigenvalue weighted by atomic mass is 9.91. The van der Waals surface area contributed by atoms with Crippen molar-refractivity contribution < 1.29 is 52.8 Å². The number of aliphatic carboxylic acids is 1.